The fraction of sp³-hybridized carbons (Fsp3) is 0.276. The van der Waals surface area contributed by atoms with E-state index in [-0.39, 0.29) is 29.7 Å². The highest BCUT2D eigenvalue weighted by atomic mass is 35.5. The number of carbonyl (C=O) groups excluding carboxylic acids is 2. The maximum absolute atomic E-state index is 13.8. The van der Waals surface area contributed by atoms with Gasteiger partial charge in [0, 0.05) is 30.1 Å². The monoisotopic (exact) mass is 586 g/mol. The predicted molar refractivity (Wildman–Crippen MR) is 150 cm³/mol. The standard InChI is InChI=1S/C29H26ClF3N4O2S/c1-3-8-24-21(26-23(30)15-34-36(26)2)14-25(40-24)35-18(13-17-9-4-7-12-22(17)29(31,32)33)16-37-27(38)19-10-5-6-11-20(19)28(37)39/h4-7,9-12,14-15,18,35H,3,8,13,16H2,1-2H3/t18-/m0/s1. The molecule has 0 spiro atoms. The first-order chi connectivity index (χ1) is 19.1. The largest absolute Gasteiger partial charge is 0.416 e. The van der Waals surface area contributed by atoms with Crippen LogP contribution in [0, 0.1) is 0 Å². The van der Waals surface area contributed by atoms with E-state index in [0.29, 0.717) is 10.0 Å². The molecule has 2 aromatic heterocycles. The third-order valence-electron chi connectivity index (χ3n) is 6.85. The van der Waals surface area contributed by atoms with E-state index in [0.717, 1.165) is 39.9 Å². The minimum Gasteiger partial charge on any atom is -0.372 e. The fourth-order valence-corrected chi connectivity index (χ4v) is 6.56. The number of hydrogen-bond donors (Lipinski definition) is 1. The van der Waals surface area contributed by atoms with Gasteiger partial charge in [0.25, 0.3) is 11.8 Å². The summed E-state index contributed by atoms with van der Waals surface area (Å²) in [7, 11) is 1.79. The zero-order chi connectivity index (χ0) is 28.6. The second kappa shape index (κ2) is 11.1. The molecule has 208 valence electrons. The second-order valence-corrected chi connectivity index (χ2v) is 11.2. The number of nitrogens with zero attached hydrogens (tertiary/aromatic N) is 3. The molecule has 0 unspecified atom stereocenters. The number of thiophene rings is 1. The first-order valence-corrected chi connectivity index (χ1v) is 13.9. The fourth-order valence-electron chi connectivity index (χ4n) is 5.05. The van der Waals surface area contributed by atoms with Crippen molar-refractivity contribution in [2.45, 2.75) is 38.4 Å². The molecule has 3 heterocycles. The number of imide groups is 1. The minimum absolute atomic E-state index is 0.0636. The molecule has 6 nitrogen and oxygen atoms in total. The number of rotatable bonds is 9. The van der Waals surface area contributed by atoms with Crippen molar-refractivity contribution in [1.29, 1.82) is 0 Å². The van der Waals surface area contributed by atoms with E-state index in [2.05, 4.69) is 17.3 Å². The summed E-state index contributed by atoms with van der Waals surface area (Å²) in [5.74, 6) is -0.923. The molecule has 2 amide bonds. The van der Waals surface area contributed by atoms with E-state index in [1.165, 1.54) is 23.5 Å². The van der Waals surface area contributed by atoms with Gasteiger partial charge in [-0.25, -0.2) is 0 Å². The van der Waals surface area contributed by atoms with Crippen molar-refractivity contribution in [3.8, 4) is 11.3 Å². The molecule has 1 N–H and O–H groups in total. The van der Waals surface area contributed by atoms with Crippen molar-refractivity contribution in [3.05, 3.63) is 92.9 Å². The van der Waals surface area contributed by atoms with Gasteiger partial charge < -0.3 is 5.32 Å². The number of amides is 2. The number of aryl methyl sites for hydroxylation is 2. The number of alkyl halides is 3. The molecule has 11 heteroatoms. The van der Waals surface area contributed by atoms with Crippen molar-refractivity contribution in [3.63, 3.8) is 0 Å². The van der Waals surface area contributed by atoms with Gasteiger partial charge in [-0.1, -0.05) is 55.3 Å². The van der Waals surface area contributed by atoms with Crippen LogP contribution in [-0.4, -0.2) is 39.1 Å². The molecule has 5 rings (SSSR count). The van der Waals surface area contributed by atoms with Gasteiger partial charge in [0.15, 0.2) is 0 Å². The van der Waals surface area contributed by atoms with E-state index in [9.17, 15) is 22.8 Å². The molecule has 1 atom stereocenters. The molecule has 0 saturated heterocycles. The van der Waals surface area contributed by atoms with Gasteiger partial charge >= 0.3 is 6.18 Å². The molecular weight excluding hydrogens is 561 g/mol. The Kier molecular flexibility index (Phi) is 7.74. The van der Waals surface area contributed by atoms with E-state index >= 15 is 0 Å². The highest BCUT2D eigenvalue weighted by Crippen LogP contribution is 2.39. The first kappa shape index (κ1) is 27.9. The summed E-state index contributed by atoms with van der Waals surface area (Å²) >= 11 is 7.91. The van der Waals surface area contributed by atoms with Gasteiger partial charge in [0.1, 0.15) is 0 Å². The molecule has 0 fully saturated rings. The van der Waals surface area contributed by atoms with Crippen molar-refractivity contribution < 1.29 is 22.8 Å². The molecule has 0 aliphatic carbocycles. The third kappa shape index (κ3) is 5.38. The van der Waals surface area contributed by atoms with Crippen LogP contribution in [0.5, 0.6) is 0 Å². The van der Waals surface area contributed by atoms with Crippen LogP contribution >= 0.6 is 22.9 Å². The van der Waals surface area contributed by atoms with Crippen molar-refractivity contribution >= 4 is 39.8 Å². The zero-order valence-corrected chi connectivity index (χ0v) is 23.3. The average Bonchev–Trinajstić information content (AvgIpc) is 3.53. The predicted octanol–water partition coefficient (Wildman–Crippen LogP) is 7.09. The van der Waals surface area contributed by atoms with Gasteiger partial charge in [0.2, 0.25) is 0 Å². The quantitative estimate of drug-likeness (QED) is 0.213. The lowest BCUT2D eigenvalue weighted by atomic mass is 9.99. The Morgan fingerprint density at radius 3 is 2.27 bits per heavy atom. The molecule has 1 aliphatic rings. The molecule has 40 heavy (non-hydrogen) atoms. The normalized spacial score (nSPS) is 14.1. The summed E-state index contributed by atoms with van der Waals surface area (Å²) in [5, 5.41) is 8.78. The Balaban J connectivity index is 1.51. The number of benzene rings is 2. The van der Waals surface area contributed by atoms with Crippen LogP contribution in [0.15, 0.2) is 60.8 Å². The topological polar surface area (TPSA) is 67.2 Å². The lowest BCUT2D eigenvalue weighted by Crippen LogP contribution is -2.41. The van der Waals surface area contributed by atoms with E-state index < -0.39 is 29.6 Å². The van der Waals surface area contributed by atoms with Crippen molar-refractivity contribution in [2.75, 3.05) is 11.9 Å². The summed E-state index contributed by atoms with van der Waals surface area (Å²) in [6.07, 6.45) is -1.40. The maximum atomic E-state index is 13.8. The Hall–Kier alpha value is -3.63. The molecule has 0 bridgehead atoms. The number of halogens is 4. The van der Waals surface area contributed by atoms with Gasteiger partial charge in [0.05, 0.1) is 38.6 Å². The number of anilines is 1. The lowest BCUT2D eigenvalue weighted by Gasteiger charge is -2.25. The Bertz CT molecular complexity index is 1520. The first-order valence-electron chi connectivity index (χ1n) is 12.8. The summed E-state index contributed by atoms with van der Waals surface area (Å²) in [6.45, 7) is 1.95. The highest BCUT2D eigenvalue weighted by molar-refractivity contribution is 7.16. The summed E-state index contributed by atoms with van der Waals surface area (Å²) in [6, 6.07) is 13.1. The molecule has 2 aromatic carbocycles. The van der Waals surface area contributed by atoms with Gasteiger partial charge in [-0.05, 0) is 42.7 Å². The van der Waals surface area contributed by atoms with E-state index in [1.54, 1.807) is 48.3 Å². The molecule has 0 saturated carbocycles. The number of fused-ring (bicyclic) bond motifs is 1. The van der Waals surface area contributed by atoms with Crippen molar-refractivity contribution in [2.24, 2.45) is 7.05 Å². The number of hydrogen-bond acceptors (Lipinski definition) is 5. The van der Waals surface area contributed by atoms with Crippen LogP contribution in [0.4, 0.5) is 18.2 Å². The summed E-state index contributed by atoms with van der Waals surface area (Å²) in [5.41, 5.74) is 1.53. The lowest BCUT2D eigenvalue weighted by molar-refractivity contribution is -0.138. The highest BCUT2D eigenvalue weighted by Gasteiger charge is 2.38. The number of aromatic nitrogens is 2. The van der Waals surface area contributed by atoms with Crippen LogP contribution in [0.1, 0.15) is 50.1 Å². The van der Waals surface area contributed by atoms with E-state index in [4.69, 9.17) is 11.6 Å². The average molecular weight is 587 g/mol. The number of nitrogens with one attached hydrogen (secondary N) is 1. The Morgan fingerprint density at radius 1 is 1.02 bits per heavy atom. The minimum atomic E-state index is -4.54. The Labute approximate surface area is 238 Å². The molecule has 0 radical (unpaired) electrons. The molecule has 1 aliphatic heterocycles. The number of carbonyl (C=O) groups is 2. The second-order valence-electron chi connectivity index (χ2n) is 9.63. The summed E-state index contributed by atoms with van der Waals surface area (Å²) in [4.78, 5) is 28.4. The zero-order valence-electron chi connectivity index (χ0n) is 21.8. The van der Waals surface area contributed by atoms with Gasteiger partial charge in [-0.15, -0.1) is 11.3 Å². The SMILES string of the molecule is CCCc1sc(N[C@@H](Cc2ccccc2C(F)(F)F)CN2C(=O)c3ccccc3C2=O)cc1-c1c(Cl)cnn1C. The van der Waals surface area contributed by atoms with Gasteiger partial charge in [-0.2, -0.15) is 18.3 Å². The van der Waals surface area contributed by atoms with Crippen LogP contribution in [0.2, 0.25) is 5.02 Å². The van der Waals surface area contributed by atoms with Crippen LogP contribution in [0.25, 0.3) is 11.3 Å². The van der Waals surface area contributed by atoms with Gasteiger partial charge in [-0.3, -0.25) is 19.2 Å². The molecule has 4 aromatic rings. The third-order valence-corrected chi connectivity index (χ3v) is 8.25. The smallest absolute Gasteiger partial charge is 0.372 e. The Morgan fingerprint density at radius 2 is 1.68 bits per heavy atom. The van der Waals surface area contributed by atoms with Crippen LogP contribution in [0.3, 0.4) is 0 Å². The van der Waals surface area contributed by atoms with Crippen LogP contribution < -0.4 is 5.32 Å². The van der Waals surface area contributed by atoms with Crippen LogP contribution in [-0.2, 0) is 26.1 Å². The maximum Gasteiger partial charge on any atom is 0.416 e. The van der Waals surface area contributed by atoms with Crippen molar-refractivity contribution in [1.82, 2.24) is 14.7 Å². The molecular formula is C29H26ClF3N4O2S. The van der Waals surface area contributed by atoms with E-state index in [1.807, 2.05) is 6.07 Å². The summed E-state index contributed by atoms with van der Waals surface area (Å²) < 4.78 is 43.2.